The standard InChI is InChI=1S/C10H10Br2/c1-6-5-8-7(10(6)12)3-2-4-9(8)11/h2-4,6,10H,5H2,1H3. The van der Waals surface area contributed by atoms with E-state index in [1.807, 2.05) is 0 Å². The molecule has 0 amide bonds. The number of hydrogen-bond donors (Lipinski definition) is 0. The summed E-state index contributed by atoms with van der Waals surface area (Å²) in [6.07, 6.45) is 1.19. The van der Waals surface area contributed by atoms with Crippen LogP contribution in [0.1, 0.15) is 22.9 Å². The van der Waals surface area contributed by atoms with Crippen molar-refractivity contribution in [1.82, 2.24) is 0 Å². The highest BCUT2D eigenvalue weighted by molar-refractivity contribution is 9.10. The van der Waals surface area contributed by atoms with Crippen LogP contribution in [0.4, 0.5) is 0 Å². The van der Waals surface area contributed by atoms with Crippen LogP contribution in [0.5, 0.6) is 0 Å². The first-order valence-electron chi connectivity index (χ1n) is 4.11. The number of rotatable bonds is 0. The number of hydrogen-bond acceptors (Lipinski definition) is 0. The van der Waals surface area contributed by atoms with Crippen LogP contribution >= 0.6 is 31.9 Å². The van der Waals surface area contributed by atoms with E-state index in [4.69, 9.17) is 0 Å². The van der Waals surface area contributed by atoms with Gasteiger partial charge in [-0.15, -0.1) is 0 Å². The SMILES string of the molecule is CC1Cc2c(Br)cccc2C1Br. The molecule has 0 fully saturated rings. The van der Waals surface area contributed by atoms with E-state index in [1.165, 1.54) is 22.0 Å². The molecule has 2 unspecified atom stereocenters. The molecule has 1 aliphatic carbocycles. The molecule has 0 spiro atoms. The summed E-state index contributed by atoms with van der Waals surface area (Å²) in [5, 5.41) is 0. The van der Waals surface area contributed by atoms with E-state index in [0.717, 1.165) is 5.92 Å². The topological polar surface area (TPSA) is 0 Å². The van der Waals surface area contributed by atoms with Gasteiger partial charge in [0.2, 0.25) is 0 Å². The summed E-state index contributed by atoms with van der Waals surface area (Å²) in [4.78, 5) is 0.546. The quantitative estimate of drug-likeness (QED) is 0.632. The van der Waals surface area contributed by atoms with Crippen LogP contribution in [0.3, 0.4) is 0 Å². The lowest BCUT2D eigenvalue weighted by molar-refractivity contribution is 0.622. The van der Waals surface area contributed by atoms with E-state index >= 15 is 0 Å². The zero-order valence-electron chi connectivity index (χ0n) is 6.85. The molecule has 0 aromatic heterocycles. The number of benzene rings is 1. The molecule has 0 saturated heterocycles. The third-order valence-electron chi connectivity index (χ3n) is 2.48. The van der Waals surface area contributed by atoms with Crippen LogP contribution < -0.4 is 0 Å². The maximum atomic E-state index is 3.72. The summed E-state index contributed by atoms with van der Waals surface area (Å²) >= 11 is 7.30. The van der Waals surface area contributed by atoms with Crippen molar-refractivity contribution in [2.75, 3.05) is 0 Å². The van der Waals surface area contributed by atoms with Crippen LogP contribution in [0.15, 0.2) is 22.7 Å². The molecule has 0 aliphatic heterocycles. The molecule has 0 nitrogen and oxygen atoms in total. The molecule has 12 heavy (non-hydrogen) atoms. The molecule has 2 atom stereocenters. The third-order valence-corrected chi connectivity index (χ3v) is 4.62. The van der Waals surface area contributed by atoms with E-state index in [1.54, 1.807) is 0 Å². The van der Waals surface area contributed by atoms with Gasteiger partial charge in [0.25, 0.3) is 0 Å². The van der Waals surface area contributed by atoms with Crippen LogP contribution in [0.25, 0.3) is 0 Å². The van der Waals surface area contributed by atoms with Crippen molar-refractivity contribution in [2.45, 2.75) is 18.2 Å². The highest BCUT2D eigenvalue weighted by atomic mass is 79.9. The molecule has 0 bridgehead atoms. The predicted octanol–water partition coefficient (Wildman–Crippen LogP) is 4.08. The van der Waals surface area contributed by atoms with Gasteiger partial charge < -0.3 is 0 Å². The Morgan fingerprint density at radius 1 is 1.42 bits per heavy atom. The van der Waals surface area contributed by atoms with Gasteiger partial charge in [0.1, 0.15) is 0 Å². The molecule has 0 saturated carbocycles. The molecular formula is C10H10Br2. The van der Waals surface area contributed by atoms with Crippen molar-refractivity contribution in [3.05, 3.63) is 33.8 Å². The summed E-state index contributed by atoms with van der Waals surface area (Å²) in [5.41, 5.74) is 2.93. The van der Waals surface area contributed by atoms with Gasteiger partial charge in [0.15, 0.2) is 0 Å². The summed E-state index contributed by atoms with van der Waals surface area (Å²) in [7, 11) is 0. The summed E-state index contributed by atoms with van der Waals surface area (Å²) in [6, 6.07) is 6.44. The molecule has 2 rings (SSSR count). The molecule has 64 valence electrons. The first-order valence-corrected chi connectivity index (χ1v) is 5.82. The van der Waals surface area contributed by atoms with E-state index in [9.17, 15) is 0 Å². The van der Waals surface area contributed by atoms with Gasteiger partial charge >= 0.3 is 0 Å². The Balaban J connectivity index is 2.53. The van der Waals surface area contributed by atoms with Crippen LogP contribution in [-0.2, 0) is 6.42 Å². The van der Waals surface area contributed by atoms with Gasteiger partial charge in [-0.1, -0.05) is 50.9 Å². The monoisotopic (exact) mass is 288 g/mol. The second-order valence-electron chi connectivity index (χ2n) is 3.39. The highest BCUT2D eigenvalue weighted by Crippen LogP contribution is 2.44. The molecule has 1 aromatic carbocycles. The minimum absolute atomic E-state index is 0.546. The minimum atomic E-state index is 0.546. The molecular weight excluding hydrogens is 280 g/mol. The van der Waals surface area contributed by atoms with Crippen molar-refractivity contribution in [2.24, 2.45) is 5.92 Å². The Kier molecular flexibility index (Phi) is 2.30. The zero-order chi connectivity index (χ0) is 8.72. The number of alkyl halides is 1. The van der Waals surface area contributed by atoms with Gasteiger partial charge in [-0.3, -0.25) is 0 Å². The fourth-order valence-electron chi connectivity index (χ4n) is 1.78. The molecule has 2 heteroatoms. The van der Waals surface area contributed by atoms with Gasteiger partial charge in [0.05, 0.1) is 0 Å². The zero-order valence-corrected chi connectivity index (χ0v) is 10.0. The molecule has 1 aromatic rings. The maximum Gasteiger partial charge on any atom is 0.0427 e. The molecule has 0 heterocycles. The Labute approximate surface area is 89.6 Å². The van der Waals surface area contributed by atoms with Crippen LogP contribution in [0.2, 0.25) is 0 Å². The van der Waals surface area contributed by atoms with Crippen molar-refractivity contribution in [3.8, 4) is 0 Å². The van der Waals surface area contributed by atoms with Gasteiger partial charge in [-0.05, 0) is 29.5 Å². The lowest BCUT2D eigenvalue weighted by atomic mass is 10.1. The van der Waals surface area contributed by atoms with Crippen LogP contribution in [-0.4, -0.2) is 0 Å². The van der Waals surface area contributed by atoms with Gasteiger partial charge in [-0.25, -0.2) is 0 Å². The summed E-state index contributed by atoms with van der Waals surface area (Å²) in [6.45, 7) is 2.28. The normalized spacial score (nSPS) is 27.2. The Morgan fingerprint density at radius 2 is 2.17 bits per heavy atom. The Morgan fingerprint density at radius 3 is 2.83 bits per heavy atom. The lowest BCUT2D eigenvalue weighted by Gasteiger charge is -2.06. The van der Waals surface area contributed by atoms with E-state index in [0.29, 0.717) is 4.83 Å². The smallest absolute Gasteiger partial charge is 0.0427 e. The highest BCUT2D eigenvalue weighted by Gasteiger charge is 2.27. The van der Waals surface area contributed by atoms with Crippen molar-refractivity contribution < 1.29 is 0 Å². The average Bonchev–Trinajstić information content (AvgIpc) is 2.32. The van der Waals surface area contributed by atoms with Crippen molar-refractivity contribution in [3.63, 3.8) is 0 Å². The summed E-state index contributed by atoms with van der Waals surface area (Å²) in [5.74, 6) is 0.721. The van der Waals surface area contributed by atoms with E-state index < -0.39 is 0 Å². The van der Waals surface area contributed by atoms with Gasteiger partial charge in [0, 0.05) is 9.30 Å². The maximum absolute atomic E-state index is 3.72. The van der Waals surface area contributed by atoms with Crippen molar-refractivity contribution >= 4 is 31.9 Å². The third kappa shape index (κ3) is 1.25. The largest absolute Gasteiger partial charge is 0.0836 e. The molecule has 1 aliphatic rings. The fraction of sp³-hybridized carbons (Fsp3) is 0.400. The Bertz CT molecular complexity index is 307. The fourth-order valence-corrected chi connectivity index (χ4v) is 2.94. The minimum Gasteiger partial charge on any atom is -0.0836 e. The summed E-state index contributed by atoms with van der Waals surface area (Å²) < 4.78 is 1.26. The number of fused-ring (bicyclic) bond motifs is 1. The second-order valence-corrected chi connectivity index (χ2v) is 5.23. The first kappa shape index (κ1) is 8.76. The average molecular weight is 290 g/mol. The van der Waals surface area contributed by atoms with Crippen molar-refractivity contribution in [1.29, 1.82) is 0 Å². The second kappa shape index (κ2) is 3.15. The molecule has 0 radical (unpaired) electrons. The Hall–Kier alpha value is 0.180. The lowest BCUT2D eigenvalue weighted by Crippen LogP contribution is -1.93. The molecule has 0 N–H and O–H groups in total. The first-order chi connectivity index (χ1) is 5.70. The predicted molar refractivity (Wildman–Crippen MR) is 58.7 cm³/mol. The van der Waals surface area contributed by atoms with E-state index in [2.05, 4.69) is 57.0 Å². The van der Waals surface area contributed by atoms with E-state index in [-0.39, 0.29) is 0 Å². The van der Waals surface area contributed by atoms with Gasteiger partial charge in [-0.2, -0.15) is 0 Å². The van der Waals surface area contributed by atoms with Crippen LogP contribution in [0, 0.1) is 5.92 Å². The number of halogens is 2.